The summed E-state index contributed by atoms with van der Waals surface area (Å²) in [5.74, 6) is 0.625. The lowest BCUT2D eigenvalue weighted by molar-refractivity contribution is 0.474. The van der Waals surface area contributed by atoms with Crippen LogP contribution in [-0.4, -0.2) is 10.1 Å². The van der Waals surface area contributed by atoms with E-state index in [1.165, 1.54) is 0 Å². The molecule has 0 atom stereocenters. The van der Waals surface area contributed by atoms with Gasteiger partial charge in [-0.2, -0.15) is 0 Å². The van der Waals surface area contributed by atoms with E-state index in [2.05, 4.69) is 4.98 Å². The van der Waals surface area contributed by atoms with E-state index in [0.29, 0.717) is 11.5 Å². The number of aromatic hydroxyl groups is 1. The predicted octanol–water partition coefficient (Wildman–Crippen LogP) is 3.51. The van der Waals surface area contributed by atoms with E-state index in [1.807, 2.05) is 31.2 Å². The fraction of sp³-hybridized carbons (Fsp3) is 0.0714. The molecule has 84 valence electrons. The van der Waals surface area contributed by atoms with Crippen LogP contribution in [0.5, 0.6) is 5.75 Å². The molecular formula is C14H11NO2. The van der Waals surface area contributed by atoms with Crippen molar-refractivity contribution in [2.45, 2.75) is 6.92 Å². The minimum absolute atomic E-state index is 0.177. The number of aromatic nitrogens is 1. The molecule has 3 rings (SSSR count). The van der Waals surface area contributed by atoms with E-state index in [1.54, 1.807) is 18.2 Å². The molecule has 0 spiro atoms. The molecule has 0 radical (unpaired) electrons. The van der Waals surface area contributed by atoms with Crippen LogP contribution in [0, 0.1) is 6.92 Å². The molecule has 0 amide bonds. The zero-order valence-corrected chi connectivity index (χ0v) is 9.34. The Bertz CT molecular complexity index is 686. The Labute approximate surface area is 98.3 Å². The van der Waals surface area contributed by atoms with Crippen LogP contribution in [0.1, 0.15) is 5.56 Å². The molecule has 0 aliphatic heterocycles. The lowest BCUT2D eigenvalue weighted by Crippen LogP contribution is -1.77. The Balaban J connectivity index is 2.22. The number of phenolic OH excluding ortho intramolecular Hbond substituents is 1. The highest BCUT2D eigenvalue weighted by atomic mass is 16.3. The quantitative estimate of drug-likeness (QED) is 0.689. The van der Waals surface area contributed by atoms with Gasteiger partial charge in [0, 0.05) is 0 Å². The lowest BCUT2D eigenvalue weighted by Gasteiger charge is -1.97. The van der Waals surface area contributed by atoms with Gasteiger partial charge in [0.15, 0.2) is 5.58 Å². The molecule has 3 nitrogen and oxygen atoms in total. The van der Waals surface area contributed by atoms with Crippen molar-refractivity contribution in [1.82, 2.24) is 4.98 Å². The summed E-state index contributed by atoms with van der Waals surface area (Å²) in [5.41, 5.74) is 3.27. The second-order valence-corrected chi connectivity index (χ2v) is 4.01. The second kappa shape index (κ2) is 3.63. The molecule has 3 aromatic rings. The summed E-state index contributed by atoms with van der Waals surface area (Å²) < 4.78 is 5.64. The van der Waals surface area contributed by atoms with Gasteiger partial charge in [0.25, 0.3) is 0 Å². The Morgan fingerprint density at radius 2 is 1.94 bits per heavy atom. The zero-order valence-electron chi connectivity index (χ0n) is 9.34. The highest BCUT2D eigenvalue weighted by molar-refractivity contribution is 5.77. The third-order valence-electron chi connectivity index (χ3n) is 2.68. The van der Waals surface area contributed by atoms with Crippen LogP contribution in [0.2, 0.25) is 0 Å². The summed E-state index contributed by atoms with van der Waals surface area (Å²) in [6.07, 6.45) is 0. The first-order valence-corrected chi connectivity index (χ1v) is 5.39. The van der Waals surface area contributed by atoms with Crippen molar-refractivity contribution in [3.05, 3.63) is 48.0 Å². The van der Waals surface area contributed by atoms with Crippen LogP contribution < -0.4 is 0 Å². The normalized spacial score (nSPS) is 10.9. The summed E-state index contributed by atoms with van der Waals surface area (Å²) >= 11 is 0. The SMILES string of the molecule is Cc1ccc2nc(-c3ccccc3O)oc2c1. The highest BCUT2D eigenvalue weighted by Crippen LogP contribution is 2.30. The summed E-state index contributed by atoms with van der Waals surface area (Å²) in [7, 11) is 0. The fourth-order valence-corrected chi connectivity index (χ4v) is 1.80. The van der Waals surface area contributed by atoms with Crippen molar-refractivity contribution in [2.75, 3.05) is 0 Å². The molecule has 0 saturated heterocycles. The minimum atomic E-state index is 0.177. The van der Waals surface area contributed by atoms with Gasteiger partial charge in [-0.15, -0.1) is 0 Å². The third kappa shape index (κ3) is 1.65. The number of hydrogen-bond donors (Lipinski definition) is 1. The molecule has 1 N–H and O–H groups in total. The van der Waals surface area contributed by atoms with E-state index >= 15 is 0 Å². The van der Waals surface area contributed by atoms with Crippen molar-refractivity contribution >= 4 is 11.1 Å². The number of rotatable bonds is 1. The van der Waals surface area contributed by atoms with E-state index in [9.17, 15) is 5.11 Å². The summed E-state index contributed by atoms with van der Waals surface area (Å²) in [6.45, 7) is 2.00. The van der Waals surface area contributed by atoms with Crippen LogP contribution in [-0.2, 0) is 0 Å². The summed E-state index contributed by atoms with van der Waals surface area (Å²) in [6, 6.07) is 12.9. The Morgan fingerprint density at radius 1 is 1.12 bits per heavy atom. The molecular weight excluding hydrogens is 214 g/mol. The smallest absolute Gasteiger partial charge is 0.231 e. The van der Waals surface area contributed by atoms with Gasteiger partial charge in [0.05, 0.1) is 5.56 Å². The Kier molecular flexibility index (Phi) is 2.11. The second-order valence-electron chi connectivity index (χ2n) is 4.01. The zero-order chi connectivity index (χ0) is 11.8. The van der Waals surface area contributed by atoms with Gasteiger partial charge in [-0.25, -0.2) is 4.98 Å². The molecule has 0 saturated carbocycles. The molecule has 1 aromatic heterocycles. The maximum Gasteiger partial charge on any atom is 0.231 e. The number of para-hydroxylation sites is 1. The Morgan fingerprint density at radius 3 is 2.76 bits per heavy atom. The highest BCUT2D eigenvalue weighted by Gasteiger charge is 2.11. The van der Waals surface area contributed by atoms with Gasteiger partial charge in [0.1, 0.15) is 11.3 Å². The Hall–Kier alpha value is -2.29. The standard InChI is InChI=1S/C14H11NO2/c1-9-6-7-11-13(8-9)17-14(15-11)10-4-2-3-5-12(10)16/h2-8,16H,1H3. The van der Waals surface area contributed by atoms with Gasteiger partial charge in [-0.3, -0.25) is 0 Å². The van der Waals surface area contributed by atoms with Gasteiger partial charge < -0.3 is 9.52 Å². The first-order valence-electron chi connectivity index (χ1n) is 5.39. The van der Waals surface area contributed by atoms with Gasteiger partial charge in [-0.1, -0.05) is 18.2 Å². The largest absolute Gasteiger partial charge is 0.507 e. The van der Waals surface area contributed by atoms with Crippen molar-refractivity contribution in [3.8, 4) is 17.2 Å². The van der Waals surface area contributed by atoms with Gasteiger partial charge in [0.2, 0.25) is 5.89 Å². The number of oxazole rings is 1. The van der Waals surface area contributed by atoms with Crippen molar-refractivity contribution in [2.24, 2.45) is 0 Å². The van der Waals surface area contributed by atoms with E-state index in [0.717, 1.165) is 16.7 Å². The maximum atomic E-state index is 9.74. The number of benzene rings is 2. The molecule has 2 aromatic carbocycles. The molecule has 0 bridgehead atoms. The van der Waals surface area contributed by atoms with E-state index < -0.39 is 0 Å². The predicted molar refractivity (Wildman–Crippen MR) is 65.8 cm³/mol. The molecule has 3 heteroatoms. The molecule has 0 aliphatic rings. The number of phenols is 1. The first-order chi connectivity index (χ1) is 8.24. The van der Waals surface area contributed by atoms with Crippen LogP contribution in [0.3, 0.4) is 0 Å². The number of nitrogens with zero attached hydrogens (tertiary/aromatic N) is 1. The molecule has 0 unspecified atom stereocenters. The topological polar surface area (TPSA) is 46.3 Å². The van der Waals surface area contributed by atoms with E-state index in [4.69, 9.17) is 4.42 Å². The van der Waals surface area contributed by atoms with Crippen molar-refractivity contribution in [1.29, 1.82) is 0 Å². The van der Waals surface area contributed by atoms with Crippen molar-refractivity contribution < 1.29 is 9.52 Å². The van der Waals surface area contributed by atoms with Gasteiger partial charge in [-0.05, 0) is 36.8 Å². The number of fused-ring (bicyclic) bond motifs is 1. The molecule has 0 fully saturated rings. The van der Waals surface area contributed by atoms with Crippen LogP contribution in [0.25, 0.3) is 22.6 Å². The molecule has 1 heterocycles. The minimum Gasteiger partial charge on any atom is -0.507 e. The van der Waals surface area contributed by atoms with Crippen LogP contribution in [0.4, 0.5) is 0 Å². The van der Waals surface area contributed by atoms with Crippen molar-refractivity contribution in [3.63, 3.8) is 0 Å². The first kappa shape index (κ1) is 9.90. The fourth-order valence-electron chi connectivity index (χ4n) is 1.80. The number of aryl methyl sites for hydroxylation is 1. The molecule has 0 aliphatic carbocycles. The van der Waals surface area contributed by atoms with Crippen LogP contribution >= 0.6 is 0 Å². The summed E-state index contributed by atoms with van der Waals surface area (Å²) in [4.78, 5) is 4.36. The average Bonchev–Trinajstić information content (AvgIpc) is 2.72. The molecule has 17 heavy (non-hydrogen) atoms. The lowest BCUT2D eigenvalue weighted by atomic mass is 10.2. The monoisotopic (exact) mass is 225 g/mol. The van der Waals surface area contributed by atoms with Crippen LogP contribution in [0.15, 0.2) is 46.9 Å². The third-order valence-corrected chi connectivity index (χ3v) is 2.68. The van der Waals surface area contributed by atoms with E-state index in [-0.39, 0.29) is 5.75 Å². The number of hydrogen-bond acceptors (Lipinski definition) is 3. The van der Waals surface area contributed by atoms with Gasteiger partial charge >= 0.3 is 0 Å². The maximum absolute atomic E-state index is 9.74. The summed E-state index contributed by atoms with van der Waals surface area (Å²) in [5, 5.41) is 9.74. The average molecular weight is 225 g/mol.